The number of imidazole rings is 2. The Bertz CT molecular complexity index is 719. The minimum Gasteiger partial charge on any atom is -0.391 e. The lowest BCUT2D eigenvalue weighted by Gasteiger charge is -2.15. The summed E-state index contributed by atoms with van der Waals surface area (Å²) >= 11 is 0. The van der Waals surface area contributed by atoms with Crippen molar-refractivity contribution in [2.75, 3.05) is 5.32 Å². The van der Waals surface area contributed by atoms with Crippen LogP contribution in [-0.4, -0.2) is 41.8 Å². The SMILES string of the molecule is O[C@@H]1CC(Cn2ccnc2)C[C@H]1Nc1nc2ncccc2[nH]1. The third kappa shape index (κ3) is 2.55. The minimum absolute atomic E-state index is 0.00841. The molecule has 7 heteroatoms. The van der Waals surface area contributed by atoms with Crippen LogP contribution in [0.25, 0.3) is 11.2 Å². The zero-order chi connectivity index (χ0) is 14.9. The minimum atomic E-state index is -0.366. The number of fused-ring (bicyclic) bond motifs is 1. The highest BCUT2D eigenvalue weighted by atomic mass is 16.3. The summed E-state index contributed by atoms with van der Waals surface area (Å²) in [5, 5.41) is 13.6. The van der Waals surface area contributed by atoms with Gasteiger partial charge in [-0.2, -0.15) is 4.98 Å². The molecule has 1 aliphatic carbocycles. The summed E-state index contributed by atoms with van der Waals surface area (Å²) in [5.41, 5.74) is 1.58. The van der Waals surface area contributed by atoms with Gasteiger partial charge in [-0.05, 0) is 30.9 Å². The first-order valence-electron chi connectivity index (χ1n) is 7.49. The van der Waals surface area contributed by atoms with E-state index in [-0.39, 0.29) is 12.1 Å². The van der Waals surface area contributed by atoms with Gasteiger partial charge in [0, 0.05) is 25.1 Å². The van der Waals surface area contributed by atoms with Gasteiger partial charge in [-0.25, -0.2) is 9.97 Å². The molecule has 4 rings (SSSR count). The molecule has 3 aromatic heterocycles. The molecular formula is C15H18N6O. The van der Waals surface area contributed by atoms with Gasteiger partial charge in [0.25, 0.3) is 0 Å². The molecule has 1 unspecified atom stereocenters. The molecule has 0 bridgehead atoms. The van der Waals surface area contributed by atoms with E-state index in [0.29, 0.717) is 17.5 Å². The van der Waals surface area contributed by atoms with E-state index in [1.807, 2.05) is 24.7 Å². The van der Waals surface area contributed by atoms with Gasteiger partial charge in [0.2, 0.25) is 5.95 Å². The highest BCUT2D eigenvalue weighted by molar-refractivity contribution is 5.72. The molecule has 22 heavy (non-hydrogen) atoms. The maximum atomic E-state index is 10.3. The molecule has 114 valence electrons. The zero-order valence-electron chi connectivity index (χ0n) is 12.1. The summed E-state index contributed by atoms with van der Waals surface area (Å²) < 4.78 is 2.06. The smallest absolute Gasteiger partial charge is 0.203 e. The Labute approximate surface area is 127 Å². The van der Waals surface area contributed by atoms with Crippen molar-refractivity contribution in [3.63, 3.8) is 0 Å². The van der Waals surface area contributed by atoms with Gasteiger partial charge >= 0.3 is 0 Å². The second-order valence-electron chi connectivity index (χ2n) is 5.88. The summed E-state index contributed by atoms with van der Waals surface area (Å²) in [6, 6.07) is 3.82. The van der Waals surface area contributed by atoms with Crippen LogP contribution >= 0.6 is 0 Å². The van der Waals surface area contributed by atoms with Crippen molar-refractivity contribution in [2.24, 2.45) is 5.92 Å². The first-order chi connectivity index (χ1) is 10.8. The lowest BCUT2D eigenvalue weighted by atomic mass is 10.1. The maximum absolute atomic E-state index is 10.3. The van der Waals surface area contributed by atoms with Crippen LogP contribution in [0.1, 0.15) is 12.8 Å². The second kappa shape index (κ2) is 5.42. The Morgan fingerprint density at radius 3 is 3.14 bits per heavy atom. The van der Waals surface area contributed by atoms with Crippen molar-refractivity contribution in [2.45, 2.75) is 31.5 Å². The molecule has 1 fully saturated rings. The van der Waals surface area contributed by atoms with Gasteiger partial charge in [-0.3, -0.25) is 0 Å². The molecule has 3 heterocycles. The fourth-order valence-corrected chi connectivity index (χ4v) is 3.20. The number of hydrogen-bond acceptors (Lipinski definition) is 5. The molecule has 0 radical (unpaired) electrons. The van der Waals surface area contributed by atoms with Crippen molar-refractivity contribution in [3.8, 4) is 0 Å². The number of aliphatic hydroxyl groups is 1. The molecule has 0 amide bonds. The molecule has 1 saturated carbocycles. The summed E-state index contributed by atoms with van der Waals surface area (Å²) in [7, 11) is 0. The highest BCUT2D eigenvalue weighted by Crippen LogP contribution is 2.29. The number of H-pyrrole nitrogens is 1. The van der Waals surface area contributed by atoms with Crippen LogP contribution in [0.5, 0.6) is 0 Å². The summed E-state index contributed by atoms with van der Waals surface area (Å²) in [5.74, 6) is 1.10. The summed E-state index contributed by atoms with van der Waals surface area (Å²) in [4.78, 5) is 15.9. The van der Waals surface area contributed by atoms with Gasteiger partial charge in [-0.1, -0.05) is 0 Å². The van der Waals surface area contributed by atoms with Crippen LogP contribution in [0, 0.1) is 5.92 Å². The average molecular weight is 298 g/mol. The first kappa shape index (κ1) is 13.3. The van der Waals surface area contributed by atoms with E-state index in [2.05, 4.69) is 29.8 Å². The molecule has 7 nitrogen and oxygen atoms in total. The molecular weight excluding hydrogens is 280 g/mol. The molecule has 3 aromatic rings. The Kier molecular flexibility index (Phi) is 3.27. The van der Waals surface area contributed by atoms with E-state index in [1.54, 1.807) is 12.4 Å². The number of nitrogens with one attached hydrogen (secondary N) is 2. The van der Waals surface area contributed by atoms with E-state index < -0.39 is 0 Å². The Balaban J connectivity index is 1.44. The van der Waals surface area contributed by atoms with Crippen molar-refractivity contribution < 1.29 is 5.11 Å². The van der Waals surface area contributed by atoms with Gasteiger partial charge in [-0.15, -0.1) is 0 Å². The number of aromatic nitrogens is 5. The number of anilines is 1. The fourth-order valence-electron chi connectivity index (χ4n) is 3.20. The van der Waals surface area contributed by atoms with E-state index in [1.165, 1.54) is 0 Å². The third-order valence-electron chi connectivity index (χ3n) is 4.23. The van der Waals surface area contributed by atoms with Crippen LogP contribution in [-0.2, 0) is 6.54 Å². The quantitative estimate of drug-likeness (QED) is 0.677. The largest absolute Gasteiger partial charge is 0.391 e. The van der Waals surface area contributed by atoms with E-state index in [9.17, 15) is 5.11 Å². The molecule has 0 spiro atoms. The number of hydrogen-bond donors (Lipinski definition) is 3. The predicted octanol–water partition coefficient (Wildman–Crippen LogP) is 1.41. The number of aromatic amines is 1. The molecule has 3 atom stereocenters. The predicted molar refractivity (Wildman–Crippen MR) is 82.3 cm³/mol. The van der Waals surface area contributed by atoms with E-state index in [0.717, 1.165) is 24.9 Å². The fraction of sp³-hybridized carbons (Fsp3) is 0.400. The molecule has 0 aromatic carbocycles. The van der Waals surface area contributed by atoms with Gasteiger partial charge in [0.15, 0.2) is 5.65 Å². The topological polar surface area (TPSA) is 91.7 Å². The Morgan fingerprint density at radius 2 is 2.32 bits per heavy atom. The van der Waals surface area contributed by atoms with Gasteiger partial charge in [0.05, 0.1) is 24.0 Å². The number of rotatable bonds is 4. The average Bonchev–Trinajstić information content (AvgIpc) is 3.20. The maximum Gasteiger partial charge on any atom is 0.203 e. The lowest BCUT2D eigenvalue weighted by Crippen LogP contribution is -2.28. The molecule has 1 aliphatic rings. The third-order valence-corrected chi connectivity index (χ3v) is 4.23. The normalized spacial score (nSPS) is 24.9. The van der Waals surface area contributed by atoms with Crippen molar-refractivity contribution in [1.82, 2.24) is 24.5 Å². The Morgan fingerprint density at radius 1 is 1.36 bits per heavy atom. The molecule has 0 aliphatic heterocycles. The van der Waals surface area contributed by atoms with Gasteiger partial charge < -0.3 is 20.0 Å². The van der Waals surface area contributed by atoms with Crippen molar-refractivity contribution >= 4 is 17.1 Å². The Hall–Kier alpha value is -2.41. The number of aliphatic hydroxyl groups excluding tert-OH is 1. The lowest BCUT2D eigenvalue weighted by molar-refractivity contribution is 0.166. The molecule has 3 N–H and O–H groups in total. The van der Waals surface area contributed by atoms with Gasteiger partial charge in [0.1, 0.15) is 0 Å². The van der Waals surface area contributed by atoms with Crippen LogP contribution < -0.4 is 5.32 Å². The number of pyridine rings is 1. The van der Waals surface area contributed by atoms with Crippen molar-refractivity contribution in [1.29, 1.82) is 0 Å². The monoisotopic (exact) mass is 298 g/mol. The van der Waals surface area contributed by atoms with Crippen LogP contribution in [0.2, 0.25) is 0 Å². The first-order valence-corrected chi connectivity index (χ1v) is 7.49. The summed E-state index contributed by atoms with van der Waals surface area (Å²) in [6.45, 7) is 0.886. The summed E-state index contributed by atoms with van der Waals surface area (Å²) in [6.07, 6.45) is 8.60. The van der Waals surface area contributed by atoms with Crippen molar-refractivity contribution in [3.05, 3.63) is 37.1 Å². The number of nitrogens with zero attached hydrogens (tertiary/aromatic N) is 4. The standard InChI is InChI=1S/C15H18N6O/c22-13-7-10(8-21-5-4-16-9-21)6-12(13)19-15-18-11-2-1-3-17-14(11)20-15/h1-5,9-10,12-13,22H,6-8H2,(H2,17,18,19,20)/t10?,12-,13-/m1/s1. The van der Waals surface area contributed by atoms with Crippen LogP contribution in [0.4, 0.5) is 5.95 Å². The van der Waals surface area contributed by atoms with E-state index in [4.69, 9.17) is 0 Å². The molecule has 0 saturated heterocycles. The van der Waals surface area contributed by atoms with E-state index >= 15 is 0 Å². The van der Waals surface area contributed by atoms with Crippen LogP contribution in [0.3, 0.4) is 0 Å². The second-order valence-corrected chi connectivity index (χ2v) is 5.88. The van der Waals surface area contributed by atoms with Crippen LogP contribution in [0.15, 0.2) is 37.1 Å². The highest BCUT2D eigenvalue weighted by Gasteiger charge is 2.33. The zero-order valence-corrected chi connectivity index (χ0v) is 12.1.